The lowest BCUT2D eigenvalue weighted by Crippen LogP contribution is -2.40. The summed E-state index contributed by atoms with van der Waals surface area (Å²) in [6.45, 7) is 6.76. The van der Waals surface area contributed by atoms with E-state index in [0.717, 1.165) is 19.3 Å². The average Bonchev–Trinajstić information content (AvgIpc) is 2.43. The fraction of sp³-hybridized carbons (Fsp3) is 0.692. The van der Waals surface area contributed by atoms with E-state index < -0.39 is 0 Å². The second-order valence-electron chi connectivity index (χ2n) is 4.30. The number of amides is 2. The van der Waals surface area contributed by atoms with Crippen molar-refractivity contribution in [1.29, 1.82) is 0 Å². The van der Waals surface area contributed by atoms with E-state index >= 15 is 0 Å². The van der Waals surface area contributed by atoms with Crippen LogP contribution in [0, 0.1) is 0 Å². The van der Waals surface area contributed by atoms with Gasteiger partial charge in [-0.25, -0.2) is 0 Å². The molecule has 1 aliphatic heterocycles. The number of carbonyl (C=O) groups is 2. The van der Waals surface area contributed by atoms with E-state index in [2.05, 4.69) is 11.9 Å². The Morgan fingerprint density at radius 3 is 2.61 bits per heavy atom. The second-order valence-corrected chi connectivity index (χ2v) is 4.30. The molecule has 5 heteroatoms. The highest BCUT2D eigenvalue weighted by Gasteiger charge is 2.15. The molecule has 0 bridgehead atoms. The van der Waals surface area contributed by atoms with Gasteiger partial charge < -0.3 is 15.0 Å². The molecule has 0 aromatic heterocycles. The van der Waals surface area contributed by atoms with Gasteiger partial charge in [0.25, 0.3) is 0 Å². The van der Waals surface area contributed by atoms with Crippen molar-refractivity contribution in [3.63, 3.8) is 0 Å². The molecule has 0 unspecified atom stereocenters. The highest BCUT2D eigenvalue weighted by atomic mass is 16.5. The Kier molecular flexibility index (Phi) is 7.10. The van der Waals surface area contributed by atoms with Crippen molar-refractivity contribution < 1.29 is 14.3 Å². The lowest BCUT2D eigenvalue weighted by Gasteiger charge is -2.26. The van der Waals surface area contributed by atoms with Crippen molar-refractivity contribution in [2.24, 2.45) is 0 Å². The summed E-state index contributed by atoms with van der Waals surface area (Å²) in [4.78, 5) is 24.5. The molecule has 1 rings (SSSR count). The monoisotopic (exact) mass is 254 g/mol. The topological polar surface area (TPSA) is 58.6 Å². The fourth-order valence-electron chi connectivity index (χ4n) is 1.83. The smallest absolute Gasteiger partial charge is 0.243 e. The predicted octanol–water partition coefficient (Wildman–Crippen LogP) is 0.708. The molecule has 1 N–H and O–H groups in total. The Hall–Kier alpha value is -1.36. The number of rotatable bonds is 7. The number of carbonyl (C=O) groups excluding carboxylic acids is 2. The van der Waals surface area contributed by atoms with Gasteiger partial charge in [-0.15, -0.1) is 0 Å². The van der Waals surface area contributed by atoms with Crippen LogP contribution in [0.25, 0.3) is 0 Å². The molecule has 1 saturated heterocycles. The van der Waals surface area contributed by atoms with Crippen LogP contribution in [0.2, 0.25) is 0 Å². The van der Waals surface area contributed by atoms with Crippen LogP contribution in [-0.2, 0) is 14.3 Å². The Labute approximate surface area is 108 Å². The molecular weight excluding hydrogens is 232 g/mol. The zero-order valence-electron chi connectivity index (χ0n) is 10.8. The van der Waals surface area contributed by atoms with Crippen LogP contribution in [0.1, 0.15) is 25.7 Å². The van der Waals surface area contributed by atoms with Crippen LogP contribution in [0.3, 0.4) is 0 Å². The highest BCUT2D eigenvalue weighted by Crippen LogP contribution is 2.05. The zero-order valence-corrected chi connectivity index (χ0v) is 10.8. The van der Waals surface area contributed by atoms with E-state index in [9.17, 15) is 9.59 Å². The van der Waals surface area contributed by atoms with Crippen LogP contribution in [0.15, 0.2) is 12.7 Å². The molecule has 0 saturated carbocycles. The molecule has 0 radical (unpaired) electrons. The predicted molar refractivity (Wildman–Crippen MR) is 69.1 cm³/mol. The van der Waals surface area contributed by atoms with Gasteiger partial charge in [-0.3, -0.25) is 9.59 Å². The Morgan fingerprint density at radius 2 is 1.94 bits per heavy atom. The van der Waals surface area contributed by atoms with E-state index in [1.165, 1.54) is 6.08 Å². The number of morpholine rings is 1. The van der Waals surface area contributed by atoms with Gasteiger partial charge in [0.05, 0.1) is 13.2 Å². The first-order valence-corrected chi connectivity index (χ1v) is 6.50. The van der Waals surface area contributed by atoms with Crippen LogP contribution >= 0.6 is 0 Å². The lowest BCUT2D eigenvalue weighted by molar-refractivity contribution is -0.135. The molecule has 102 valence electrons. The number of ether oxygens (including phenoxy) is 1. The van der Waals surface area contributed by atoms with Gasteiger partial charge in [0, 0.05) is 26.1 Å². The van der Waals surface area contributed by atoms with Gasteiger partial charge in [-0.1, -0.05) is 13.0 Å². The standard InChI is InChI=1S/C13H22N2O3/c1-2-12(16)14-7-5-3-4-6-13(17)15-8-10-18-11-9-15/h2H,1,3-11H2,(H,14,16). The molecule has 0 spiro atoms. The molecule has 1 heterocycles. The summed E-state index contributed by atoms with van der Waals surface area (Å²) >= 11 is 0. The van der Waals surface area contributed by atoms with Crippen molar-refractivity contribution in [3.05, 3.63) is 12.7 Å². The first-order valence-electron chi connectivity index (χ1n) is 6.50. The maximum absolute atomic E-state index is 11.8. The van der Waals surface area contributed by atoms with Crippen molar-refractivity contribution in [3.8, 4) is 0 Å². The highest BCUT2D eigenvalue weighted by molar-refractivity contribution is 5.86. The molecule has 1 fully saturated rings. The van der Waals surface area contributed by atoms with Crippen LogP contribution in [0.5, 0.6) is 0 Å². The van der Waals surface area contributed by atoms with Crippen molar-refractivity contribution >= 4 is 11.8 Å². The zero-order chi connectivity index (χ0) is 13.2. The molecule has 5 nitrogen and oxygen atoms in total. The number of nitrogens with zero attached hydrogens (tertiary/aromatic N) is 1. The quantitative estimate of drug-likeness (QED) is 0.537. The second kappa shape index (κ2) is 8.69. The minimum Gasteiger partial charge on any atom is -0.378 e. The number of hydrogen-bond acceptors (Lipinski definition) is 3. The lowest BCUT2D eigenvalue weighted by atomic mass is 10.1. The van der Waals surface area contributed by atoms with Gasteiger partial charge >= 0.3 is 0 Å². The molecule has 18 heavy (non-hydrogen) atoms. The summed E-state index contributed by atoms with van der Waals surface area (Å²) in [7, 11) is 0. The maximum Gasteiger partial charge on any atom is 0.243 e. The summed E-state index contributed by atoms with van der Waals surface area (Å²) in [5.74, 6) is 0.0767. The van der Waals surface area contributed by atoms with Crippen molar-refractivity contribution in [2.75, 3.05) is 32.8 Å². The van der Waals surface area contributed by atoms with Gasteiger partial charge in [0.15, 0.2) is 0 Å². The fourth-order valence-corrected chi connectivity index (χ4v) is 1.83. The van der Waals surface area contributed by atoms with Gasteiger partial charge in [0.2, 0.25) is 11.8 Å². The molecule has 0 aromatic rings. The molecule has 1 aliphatic rings. The van der Waals surface area contributed by atoms with Gasteiger partial charge in [-0.05, 0) is 18.9 Å². The molecule has 0 atom stereocenters. The van der Waals surface area contributed by atoms with E-state index in [1.807, 2.05) is 4.90 Å². The Morgan fingerprint density at radius 1 is 1.22 bits per heavy atom. The Bertz CT molecular complexity index is 286. The minimum atomic E-state index is -0.139. The first-order chi connectivity index (χ1) is 8.74. The average molecular weight is 254 g/mol. The first kappa shape index (κ1) is 14.7. The molecule has 0 aliphatic carbocycles. The summed E-state index contributed by atoms with van der Waals surface area (Å²) < 4.78 is 5.20. The normalized spacial score (nSPS) is 15.2. The third-order valence-electron chi connectivity index (χ3n) is 2.92. The molecular formula is C13H22N2O3. The maximum atomic E-state index is 11.8. The third kappa shape index (κ3) is 5.82. The molecule has 2 amide bonds. The summed E-state index contributed by atoms with van der Waals surface area (Å²) in [6.07, 6.45) is 4.58. The van der Waals surface area contributed by atoms with E-state index in [4.69, 9.17) is 4.74 Å². The largest absolute Gasteiger partial charge is 0.378 e. The van der Waals surface area contributed by atoms with Crippen molar-refractivity contribution in [1.82, 2.24) is 10.2 Å². The minimum absolute atomic E-state index is 0.139. The van der Waals surface area contributed by atoms with Crippen LogP contribution in [-0.4, -0.2) is 49.6 Å². The number of nitrogens with one attached hydrogen (secondary N) is 1. The van der Waals surface area contributed by atoms with Gasteiger partial charge in [0.1, 0.15) is 0 Å². The molecule has 0 aromatic carbocycles. The van der Waals surface area contributed by atoms with Crippen LogP contribution in [0.4, 0.5) is 0 Å². The van der Waals surface area contributed by atoms with E-state index in [1.54, 1.807) is 0 Å². The van der Waals surface area contributed by atoms with E-state index in [-0.39, 0.29) is 11.8 Å². The number of hydrogen-bond donors (Lipinski definition) is 1. The summed E-state index contributed by atoms with van der Waals surface area (Å²) in [6, 6.07) is 0. The van der Waals surface area contributed by atoms with Crippen molar-refractivity contribution in [2.45, 2.75) is 25.7 Å². The third-order valence-corrected chi connectivity index (χ3v) is 2.92. The summed E-state index contributed by atoms with van der Waals surface area (Å²) in [5, 5.41) is 2.71. The number of unbranched alkanes of at least 4 members (excludes halogenated alkanes) is 2. The van der Waals surface area contributed by atoms with E-state index in [0.29, 0.717) is 39.3 Å². The SMILES string of the molecule is C=CC(=O)NCCCCCC(=O)N1CCOCC1. The Balaban J connectivity index is 1.98. The van der Waals surface area contributed by atoms with Gasteiger partial charge in [-0.2, -0.15) is 0 Å². The summed E-state index contributed by atoms with van der Waals surface area (Å²) in [5.41, 5.74) is 0. The van der Waals surface area contributed by atoms with Crippen LogP contribution < -0.4 is 5.32 Å².